The quantitative estimate of drug-likeness (QED) is 0.648. The average Bonchev–Trinajstić information content (AvgIpc) is 3.29. The normalized spacial score (nSPS) is 13.3. The molecule has 2 N–H and O–H groups in total. The zero-order chi connectivity index (χ0) is 20.5. The number of hydrogen-bond donors (Lipinski definition) is 2. The Balaban J connectivity index is 1.36. The predicted molar refractivity (Wildman–Crippen MR) is 107 cm³/mol. The van der Waals surface area contributed by atoms with Gasteiger partial charge < -0.3 is 24.5 Å². The van der Waals surface area contributed by atoms with Crippen molar-refractivity contribution in [2.45, 2.75) is 33.4 Å². The van der Waals surface area contributed by atoms with E-state index in [0.717, 1.165) is 27.7 Å². The first-order valence-electron chi connectivity index (χ1n) is 9.38. The van der Waals surface area contributed by atoms with E-state index < -0.39 is 12.1 Å². The standard InChI is InChI=1S/C22H22N2O5/c1-12-13(2)24-18-6-5-16(9-17(12)18)22(26)29-14(3)21(25)23-10-15-4-7-19-20(8-15)28-11-27-19/h4-9,14,24H,10-11H2,1-3H3,(H,23,25)/t14-/m1/s1. The lowest BCUT2D eigenvalue weighted by Gasteiger charge is -2.14. The van der Waals surface area contributed by atoms with Crippen LogP contribution in [-0.4, -0.2) is 29.8 Å². The topological polar surface area (TPSA) is 89.7 Å². The molecule has 7 nitrogen and oxygen atoms in total. The Bertz CT molecular complexity index is 1100. The van der Waals surface area contributed by atoms with Gasteiger partial charge in [0.2, 0.25) is 6.79 Å². The Labute approximate surface area is 168 Å². The van der Waals surface area contributed by atoms with Crippen LogP contribution in [0.3, 0.4) is 0 Å². The van der Waals surface area contributed by atoms with E-state index in [-0.39, 0.29) is 12.7 Å². The smallest absolute Gasteiger partial charge is 0.338 e. The number of carbonyl (C=O) groups is 2. The van der Waals surface area contributed by atoms with Crippen molar-refractivity contribution in [2.24, 2.45) is 0 Å². The molecule has 1 amide bonds. The first-order chi connectivity index (χ1) is 13.9. The number of ether oxygens (including phenoxy) is 3. The zero-order valence-electron chi connectivity index (χ0n) is 16.5. The molecule has 2 aromatic carbocycles. The number of nitrogens with one attached hydrogen (secondary N) is 2. The molecule has 150 valence electrons. The molecule has 0 saturated carbocycles. The number of amides is 1. The summed E-state index contributed by atoms with van der Waals surface area (Å²) in [6.45, 7) is 6.03. The molecule has 0 fully saturated rings. The summed E-state index contributed by atoms with van der Waals surface area (Å²) in [5.41, 5.74) is 4.39. The number of aryl methyl sites for hydroxylation is 2. The maximum absolute atomic E-state index is 12.5. The van der Waals surface area contributed by atoms with Crippen molar-refractivity contribution in [1.82, 2.24) is 10.3 Å². The van der Waals surface area contributed by atoms with Gasteiger partial charge in [-0.15, -0.1) is 0 Å². The van der Waals surface area contributed by atoms with Crippen LogP contribution in [0.4, 0.5) is 0 Å². The van der Waals surface area contributed by atoms with E-state index in [2.05, 4.69) is 10.3 Å². The number of esters is 1. The summed E-state index contributed by atoms with van der Waals surface area (Å²) in [5.74, 6) is 0.441. The maximum atomic E-state index is 12.5. The van der Waals surface area contributed by atoms with Crippen molar-refractivity contribution in [3.63, 3.8) is 0 Å². The number of hydrogen-bond acceptors (Lipinski definition) is 5. The van der Waals surface area contributed by atoms with E-state index in [1.54, 1.807) is 25.1 Å². The van der Waals surface area contributed by atoms with E-state index in [4.69, 9.17) is 14.2 Å². The highest BCUT2D eigenvalue weighted by Gasteiger charge is 2.20. The highest BCUT2D eigenvalue weighted by Crippen LogP contribution is 2.32. The highest BCUT2D eigenvalue weighted by atomic mass is 16.7. The molecule has 29 heavy (non-hydrogen) atoms. The molecule has 0 radical (unpaired) electrons. The molecule has 1 aliphatic rings. The van der Waals surface area contributed by atoms with Crippen LogP contribution in [0.25, 0.3) is 10.9 Å². The number of carbonyl (C=O) groups excluding carboxylic acids is 2. The Morgan fingerprint density at radius 3 is 2.76 bits per heavy atom. The molecule has 4 rings (SSSR count). The first kappa shape index (κ1) is 18.9. The summed E-state index contributed by atoms with van der Waals surface area (Å²) in [4.78, 5) is 28.1. The molecule has 0 saturated heterocycles. The van der Waals surface area contributed by atoms with E-state index in [9.17, 15) is 9.59 Å². The zero-order valence-corrected chi connectivity index (χ0v) is 16.5. The summed E-state index contributed by atoms with van der Waals surface area (Å²) in [6, 6.07) is 10.8. The van der Waals surface area contributed by atoms with Gasteiger partial charge in [0.05, 0.1) is 5.56 Å². The number of H-pyrrole nitrogens is 1. The lowest BCUT2D eigenvalue weighted by atomic mass is 10.1. The summed E-state index contributed by atoms with van der Waals surface area (Å²) >= 11 is 0. The second-order valence-electron chi connectivity index (χ2n) is 7.09. The molecule has 0 unspecified atom stereocenters. The Hall–Kier alpha value is -3.48. The van der Waals surface area contributed by atoms with Gasteiger partial charge in [0.15, 0.2) is 17.6 Å². The summed E-state index contributed by atoms with van der Waals surface area (Å²) in [5, 5.41) is 3.74. The minimum Gasteiger partial charge on any atom is -0.454 e. The van der Waals surface area contributed by atoms with Crippen LogP contribution in [0, 0.1) is 13.8 Å². The second kappa shape index (κ2) is 7.50. The fraction of sp³-hybridized carbons (Fsp3) is 0.273. The van der Waals surface area contributed by atoms with E-state index >= 15 is 0 Å². The van der Waals surface area contributed by atoms with Crippen LogP contribution < -0.4 is 14.8 Å². The molecule has 2 heterocycles. The predicted octanol–water partition coefficient (Wildman–Crippen LogP) is 3.38. The lowest BCUT2D eigenvalue weighted by molar-refractivity contribution is -0.129. The van der Waals surface area contributed by atoms with Crippen LogP contribution in [0.15, 0.2) is 36.4 Å². The number of benzene rings is 2. The molecule has 0 bridgehead atoms. The number of fused-ring (bicyclic) bond motifs is 2. The van der Waals surface area contributed by atoms with E-state index in [1.165, 1.54) is 0 Å². The number of aromatic nitrogens is 1. The Kier molecular flexibility index (Phi) is 4.88. The van der Waals surface area contributed by atoms with E-state index in [0.29, 0.717) is 23.6 Å². The second-order valence-corrected chi connectivity index (χ2v) is 7.09. The minimum atomic E-state index is -0.915. The third kappa shape index (κ3) is 3.76. The highest BCUT2D eigenvalue weighted by molar-refractivity contribution is 5.97. The largest absolute Gasteiger partial charge is 0.454 e. The van der Waals surface area contributed by atoms with Crippen molar-refractivity contribution in [3.05, 3.63) is 58.8 Å². The van der Waals surface area contributed by atoms with Crippen LogP contribution >= 0.6 is 0 Å². The summed E-state index contributed by atoms with van der Waals surface area (Å²) in [7, 11) is 0. The summed E-state index contributed by atoms with van der Waals surface area (Å²) in [6.07, 6.45) is -0.915. The van der Waals surface area contributed by atoms with Crippen molar-refractivity contribution in [3.8, 4) is 11.5 Å². The van der Waals surface area contributed by atoms with Crippen molar-refractivity contribution < 1.29 is 23.8 Å². The van der Waals surface area contributed by atoms with Gasteiger partial charge in [-0.2, -0.15) is 0 Å². The molecule has 7 heteroatoms. The summed E-state index contributed by atoms with van der Waals surface area (Å²) < 4.78 is 15.9. The molecular weight excluding hydrogens is 372 g/mol. The number of rotatable bonds is 5. The molecular formula is C22H22N2O5. The molecule has 3 aromatic rings. The first-order valence-corrected chi connectivity index (χ1v) is 9.38. The SMILES string of the molecule is Cc1[nH]c2ccc(C(=O)O[C@H](C)C(=O)NCc3ccc4c(c3)OCO4)cc2c1C. The van der Waals surface area contributed by atoms with Gasteiger partial charge >= 0.3 is 5.97 Å². The Morgan fingerprint density at radius 1 is 1.14 bits per heavy atom. The molecule has 0 aliphatic carbocycles. The molecule has 1 atom stereocenters. The van der Waals surface area contributed by atoms with Crippen LogP contribution in [0.5, 0.6) is 11.5 Å². The van der Waals surface area contributed by atoms with Gasteiger partial charge in [-0.05, 0) is 62.2 Å². The van der Waals surface area contributed by atoms with Crippen molar-refractivity contribution >= 4 is 22.8 Å². The fourth-order valence-electron chi connectivity index (χ4n) is 3.25. The molecule has 0 spiro atoms. The number of aromatic amines is 1. The third-order valence-corrected chi connectivity index (χ3v) is 5.10. The molecule has 1 aliphatic heterocycles. The monoisotopic (exact) mass is 394 g/mol. The van der Waals surface area contributed by atoms with Gasteiger partial charge in [-0.3, -0.25) is 4.79 Å². The molecule has 1 aromatic heterocycles. The van der Waals surface area contributed by atoms with Crippen LogP contribution in [0.1, 0.15) is 34.1 Å². The van der Waals surface area contributed by atoms with Crippen LogP contribution in [-0.2, 0) is 16.1 Å². The van der Waals surface area contributed by atoms with Crippen molar-refractivity contribution in [2.75, 3.05) is 6.79 Å². The van der Waals surface area contributed by atoms with Gasteiger partial charge in [0, 0.05) is 23.1 Å². The minimum absolute atomic E-state index is 0.200. The third-order valence-electron chi connectivity index (χ3n) is 5.10. The maximum Gasteiger partial charge on any atom is 0.338 e. The van der Waals surface area contributed by atoms with E-state index in [1.807, 2.05) is 32.0 Å². The van der Waals surface area contributed by atoms with Gasteiger partial charge in [0.1, 0.15) is 0 Å². The average molecular weight is 394 g/mol. The van der Waals surface area contributed by atoms with Gasteiger partial charge in [-0.1, -0.05) is 6.07 Å². The Morgan fingerprint density at radius 2 is 1.93 bits per heavy atom. The van der Waals surface area contributed by atoms with Gasteiger partial charge in [0.25, 0.3) is 5.91 Å². The van der Waals surface area contributed by atoms with Gasteiger partial charge in [-0.25, -0.2) is 4.79 Å². The van der Waals surface area contributed by atoms with Crippen LogP contribution in [0.2, 0.25) is 0 Å². The van der Waals surface area contributed by atoms with Crippen molar-refractivity contribution in [1.29, 1.82) is 0 Å². The fourth-order valence-corrected chi connectivity index (χ4v) is 3.25. The lowest BCUT2D eigenvalue weighted by Crippen LogP contribution is -2.35.